The molecule has 0 saturated carbocycles. The molecule has 3 rings (SSSR count). The van der Waals surface area contributed by atoms with Crippen molar-refractivity contribution in [1.82, 2.24) is 20.3 Å². The zero-order chi connectivity index (χ0) is 22.6. The van der Waals surface area contributed by atoms with Gasteiger partial charge in [0.2, 0.25) is 5.91 Å². The van der Waals surface area contributed by atoms with E-state index in [2.05, 4.69) is 10.3 Å². The molecular weight excluding hydrogens is 404 g/mol. The number of imidazole rings is 1. The Bertz CT molecular complexity index is 967. The van der Waals surface area contributed by atoms with Crippen molar-refractivity contribution in [2.24, 2.45) is 0 Å². The van der Waals surface area contributed by atoms with E-state index < -0.39 is 5.91 Å². The molecule has 0 unspecified atom stereocenters. The molecule has 0 fully saturated rings. The molecule has 3 N–H and O–H groups in total. The number of aromatic nitrogens is 2. The van der Waals surface area contributed by atoms with Gasteiger partial charge in [-0.2, -0.15) is 0 Å². The van der Waals surface area contributed by atoms with Crippen LogP contribution in [0.4, 0.5) is 0 Å². The number of aryl methyl sites for hydroxylation is 3. The molecule has 0 bridgehead atoms. The summed E-state index contributed by atoms with van der Waals surface area (Å²) in [6.45, 7) is 1.47. The zero-order valence-electron chi connectivity index (χ0n) is 18.2. The molecule has 7 nitrogen and oxygen atoms in total. The number of carbonyl (C=O) groups is 2. The number of carbonyl (C=O) groups excluding carboxylic acids is 2. The van der Waals surface area contributed by atoms with Gasteiger partial charge in [0.15, 0.2) is 0 Å². The molecule has 0 aliphatic rings. The quantitative estimate of drug-likeness (QED) is 0.231. The molecule has 3 aromatic rings. The highest BCUT2D eigenvalue weighted by Crippen LogP contribution is 2.12. The van der Waals surface area contributed by atoms with E-state index in [4.69, 9.17) is 5.21 Å². The lowest BCUT2D eigenvalue weighted by Crippen LogP contribution is -2.25. The van der Waals surface area contributed by atoms with Crippen LogP contribution in [-0.2, 0) is 30.6 Å². The maximum atomic E-state index is 12.3. The van der Waals surface area contributed by atoms with Crippen molar-refractivity contribution < 1.29 is 14.8 Å². The van der Waals surface area contributed by atoms with Gasteiger partial charge in [0, 0.05) is 31.0 Å². The number of rotatable bonds is 12. The summed E-state index contributed by atoms with van der Waals surface area (Å²) in [6.07, 6.45) is 10.6. The number of hydroxylamine groups is 1. The van der Waals surface area contributed by atoms with E-state index in [1.807, 2.05) is 59.3 Å². The van der Waals surface area contributed by atoms with Crippen molar-refractivity contribution in [3.63, 3.8) is 0 Å². The van der Waals surface area contributed by atoms with Crippen molar-refractivity contribution in [2.45, 2.75) is 45.1 Å². The Morgan fingerprint density at radius 2 is 1.50 bits per heavy atom. The second-order valence-electron chi connectivity index (χ2n) is 7.84. The highest BCUT2D eigenvalue weighted by molar-refractivity contribution is 5.94. The molecule has 1 heterocycles. The average Bonchev–Trinajstić information content (AvgIpc) is 3.34. The molecule has 2 aromatic carbocycles. The van der Waals surface area contributed by atoms with E-state index >= 15 is 0 Å². The van der Waals surface area contributed by atoms with Gasteiger partial charge in [0.1, 0.15) is 0 Å². The van der Waals surface area contributed by atoms with E-state index in [9.17, 15) is 9.59 Å². The first kappa shape index (κ1) is 23.2. The molecule has 0 radical (unpaired) electrons. The molecule has 168 valence electrons. The Morgan fingerprint density at radius 3 is 2.09 bits per heavy atom. The molecule has 2 amide bonds. The van der Waals surface area contributed by atoms with Crippen LogP contribution in [0.25, 0.3) is 0 Å². The van der Waals surface area contributed by atoms with E-state index in [-0.39, 0.29) is 12.3 Å². The van der Waals surface area contributed by atoms with Gasteiger partial charge in [-0.25, -0.2) is 10.5 Å². The first-order valence-electron chi connectivity index (χ1n) is 11.0. The minimum Gasteiger partial charge on any atom is -0.352 e. The Kier molecular flexibility index (Phi) is 9.01. The summed E-state index contributed by atoms with van der Waals surface area (Å²) in [5, 5.41) is 11.5. The molecule has 0 saturated heterocycles. The van der Waals surface area contributed by atoms with E-state index in [1.54, 1.807) is 18.0 Å². The van der Waals surface area contributed by atoms with Crippen LogP contribution in [0.2, 0.25) is 0 Å². The van der Waals surface area contributed by atoms with Crippen molar-refractivity contribution in [3.05, 3.63) is 89.5 Å². The number of hydrogen-bond donors (Lipinski definition) is 3. The Morgan fingerprint density at radius 1 is 0.875 bits per heavy atom. The summed E-state index contributed by atoms with van der Waals surface area (Å²) in [4.78, 5) is 27.5. The molecule has 0 spiro atoms. The summed E-state index contributed by atoms with van der Waals surface area (Å²) in [6, 6.07) is 15.7. The molecular formula is C25H30N4O3. The molecule has 7 heteroatoms. The Labute approximate surface area is 188 Å². The monoisotopic (exact) mass is 434 g/mol. The van der Waals surface area contributed by atoms with Crippen LogP contribution in [0.5, 0.6) is 0 Å². The average molecular weight is 435 g/mol. The van der Waals surface area contributed by atoms with Gasteiger partial charge in [-0.05, 0) is 60.9 Å². The van der Waals surface area contributed by atoms with Crippen LogP contribution in [0.3, 0.4) is 0 Å². The second-order valence-corrected chi connectivity index (χ2v) is 7.84. The van der Waals surface area contributed by atoms with Gasteiger partial charge >= 0.3 is 0 Å². The van der Waals surface area contributed by atoms with Gasteiger partial charge in [0.25, 0.3) is 5.91 Å². The lowest BCUT2D eigenvalue weighted by atomic mass is 10.0. The van der Waals surface area contributed by atoms with E-state index in [1.165, 1.54) is 11.1 Å². The fourth-order valence-corrected chi connectivity index (χ4v) is 3.51. The predicted molar refractivity (Wildman–Crippen MR) is 122 cm³/mol. The second kappa shape index (κ2) is 12.4. The highest BCUT2D eigenvalue weighted by atomic mass is 16.5. The van der Waals surface area contributed by atoms with Gasteiger partial charge in [-0.15, -0.1) is 0 Å². The lowest BCUT2D eigenvalue weighted by molar-refractivity contribution is -0.128. The number of hydrogen-bond acceptors (Lipinski definition) is 4. The van der Waals surface area contributed by atoms with E-state index in [0.29, 0.717) is 12.1 Å². The first-order chi connectivity index (χ1) is 15.6. The molecule has 0 atom stereocenters. The Hall–Kier alpha value is -3.45. The van der Waals surface area contributed by atoms with E-state index in [0.717, 1.165) is 44.2 Å². The maximum absolute atomic E-state index is 12.3. The Balaban J connectivity index is 1.32. The third-order valence-corrected chi connectivity index (χ3v) is 5.35. The minimum absolute atomic E-state index is 0.0397. The van der Waals surface area contributed by atoms with Gasteiger partial charge in [-0.3, -0.25) is 14.8 Å². The molecule has 0 aliphatic heterocycles. The number of nitrogens with zero attached hydrogens (tertiary/aromatic N) is 2. The van der Waals surface area contributed by atoms with Gasteiger partial charge < -0.3 is 9.88 Å². The number of benzene rings is 2. The minimum atomic E-state index is -0.410. The fourth-order valence-electron chi connectivity index (χ4n) is 3.51. The van der Waals surface area contributed by atoms with Crippen molar-refractivity contribution in [3.8, 4) is 0 Å². The number of unbranched alkanes of at least 4 members (excludes halogenated alkanes) is 1. The highest BCUT2D eigenvalue weighted by Gasteiger charge is 2.05. The standard InChI is InChI=1S/C25H30N4O3/c30-24(28-32)18-22-8-6-20(7-9-22)4-1-2-5-21-10-12-23(13-11-21)25(31)27-14-3-16-29-17-15-26-19-29/h6-13,15,17,19,32H,1-5,14,16,18H2,(H,27,31)(H,28,30). The third kappa shape index (κ3) is 7.67. The van der Waals surface area contributed by atoms with Gasteiger partial charge in [0.05, 0.1) is 12.7 Å². The normalized spacial score (nSPS) is 10.7. The van der Waals surface area contributed by atoms with Crippen LogP contribution >= 0.6 is 0 Å². The van der Waals surface area contributed by atoms with Gasteiger partial charge in [-0.1, -0.05) is 36.4 Å². The van der Waals surface area contributed by atoms with Crippen LogP contribution in [0.1, 0.15) is 46.3 Å². The SMILES string of the molecule is O=C(Cc1ccc(CCCCc2ccc(C(=O)NCCCn3ccnc3)cc2)cc1)NO. The summed E-state index contributed by atoms with van der Waals surface area (Å²) < 4.78 is 2.00. The van der Waals surface area contributed by atoms with Crippen LogP contribution < -0.4 is 10.8 Å². The number of nitrogens with one attached hydrogen (secondary N) is 2. The molecule has 32 heavy (non-hydrogen) atoms. The van der Waals surface area contributed by atoms with Crippen molar-refractivity contribution in [2.75, 3.05) is 6.54 Å². The summed E-state index contributed by atoms with van der Waals surface area (Å²) in [7, 11) is 0. The largest absolute Gasteiger partial charge is 0.352 e. The smallest absolute Gasteiger partial charge is 0.251 e. The van der Waals surface area contributed by atoms with Crippen molar-refractivity contribution in [1.29, 1.82) is 0 Å². The maximum Gasteiger partial charge on any atom is 0.251 e. The number of amides is 2. The van der Waals surface area contributed by atoms with Crippen LogP contribution in [-0.4, -0.2) is 33.1 Å². The van der Waals surface area contributed by atoms with Crippen LogP contribution in [0, 0.1) is 0 Å². The fraction of sp³-hybridized carbons (Fsp3) is 0.320. The molecule has 1 aromatic heterocycles. The summed E-state index contributed by atoms with van der Waals surface area (Å²) in [5.41, 5.74) is 5.67. The first-order valence-corrected chi connectivity index (χ1v) is 11.0. The third-order valence-electron chi connectivity index (χ3n) is 5.35. The zero-order valence-corrected chi connectivity index (χ0v) is 18.2. The predicted octanol–water partition coefficient (Wildman–Crippen LogP) is 3.32. The topological polar surface area (TPSA) is 96.2 Å². The van der Waals surface area contributed by atoms with Crippen LogP contribution in [0.15, 0.2) is 67.3 Å². The van der Waals surface area contributed by atoms with Crippen molar-refractivity contribution >= 4 is 11.8 Å². The summed E-state index contributed by atoms with van der Waals surface area (Å²) >= 11 is 0. The summed E-state index contributed by atoms with van der Waals surface area (Å²) in [5.74, 6) is -0.450. The molecule has 0 aliphatic carbocycles. The lowest BCUT2D eigenvalue weighted by Gasteiger charge is -2.07.